The maximum absolute atomic E-state index is 2.50. The highest BCUT2D eigenvalue weighted by Gasteiger charge is 2.16. The SMILES string of the molecule is CCCC(CCC)Cc1ccc2sc3c(ccc4c3ccc3c5cc(CC(CCC)CCC)ccc5sc34)c2c1. The molecule has 40 heavy (non-hydrogen) atoms. The molecule has 0 saturated heterocycles. The Labute approximate surface area is 248 Å². The van der Waals surface area contributed by atoms with Crippen LogP contribution in [0, 0.1) is 11.8 Å². The van der Waals surface area contributed by atoms with Crippen molar-refractivity contribution in [2.45, 2.75) is 91.9 Å². The first-order valence-electron chi connectivity index (χ1n) is 15.8. The Morgan fingerprint density at radius 2 is 0.800 bits per heavy atom. The van der Waals surface area contributed by atoms with Crippen molar-refractivity contribution in [3.63, 3.8) is 0 Å². The topological polar surface area (TPSA) is 0 Å². The molecule has 6 aromatic rings. The van der Waals surface area contributed by atoms with Gasteiger partial charge in [0, 0.05) is 51.1 Å². The molecule has 0 bridgehead atoms. The average molecular weight is 565 g/mol. The highest BCUT2D eigenvalue weighted by molar-refractivity contribution is 7.28. The second kappa shape index (κ2) is 12.2. The molecule has 0 aliphatic heterocycles. The van der Waals surface area contributed by atoms with E-state index < -0.39 is 0 Å². The van der Waals surface area contributed by atoms with E-state index >= 15 is 0 Å². The molecule has 0 radical (unpaired) electrons. The first-order chi connectivity index (χ1) is 19.6. The van der Waals surface area contributed by atoms with Gasteiger partial charge in [-0.05, 0) is 60.1 Å². The third-order valence-electron chi connectivity index (χ3n) is 9.03. The number of hydrogen-bond donors (Lipinski definition) is 0. The Balaban J connectivity index is 1.40. The molecule has 6 rings (SSSR count). The summed E-state index contributed by atoms with van der Waals surface area (Å²) in [5, 5.41) is 8.58. The molecular weight excluding hydrogens is 521 g/mol. The Morgan fingerprint density at radius 3 is 1.15 bits per heavy atom. The van der Waals surface area contributed by atoms with E-state index in [1.807, 2.05) is 22.7 Å². The summed E-state index contributed by atoms with van der Waals surface area (Å²) in [7, 11) is 0. The van der Waals surface area contributed by atoms with Crippen LogP contribution in [-0.2, 0) is 12.8 Å². The summed E-state index contributed by atoms with van der Waals surface area (Å²) in [5.74, 6) is 1.62. The molecule has 0 atom stereocenters. The van der Waals surface area contributed by atoms with Crippen molar-refractivity contribution in [2.75, 3.05) is 0 Å². The van der Waals surface area contributed by atoms with Gasteiger partial charge in [-0.2, -0.15) is 0 Å². The van der Waals surface area contributed by atoms with E-state index in [0.29, 0.717) is 0 Å². The predicted molar refractivity (Wildman–Crippen MR) is 184 cm³/mol. The fourth-order valence-corrected chi connectivity index (χ4v) is 9.64. The van der Waals surface area contributed by atoms with Gasteiger partial charge in [0.2, 0.25) is 0 Å². The third-order valence-corrected chi connectivity index (χ3v) is 11.5. The number of benzene rings is 4. The van der Waals surface area contributed by atoms with Crippen LogP contribution in [0.4, 0.5) is 0 Å². The van der Waals surface area contributed by atoms with Gasteiger partial charge >= 0.3 is 0 Å². The minimum absolute atomic E-state index is 0.809. The maximum Gasteiger partial charge on any atom is 0.0434 e. The molecule has 208 valence electrons. The molecule has 4 aromatic carbocycles. The van der Waals surface area contributed by atoms with E-state index in [4.69, 9.17) is 0 Å². The molecule has 0 N–H and O–H groups in total. The van der Waals surface area contributed by atoms with Crippen molar-refractivity contribution in [1.29, 1.82) is 0 Å². The van der Waals surface area contributed by atoms with Crippen LogP contribution in [0.5, 0.6) is 0 Å². The standard InChI is InChI=1S/C38H44S2/c1-5-9-25(10-6-2)21-27-13-19-35-33(23-27)31-17-15-30-29(37(31)39-35)16-18-32-34-24-28(14-20-36(34)40-38(30)32)22-26(11-7-3)12-8-4/h13-20,23-26H,5-12,21-22H2,1-4H3. The molecule has 2 heteroatoms. The van der Waals surface area contributed by atoms with Crippen molar-refractivity contribution >= 4 is 73.8 Å². The number of rotatable bonds is 12. The second-order valence-corrected chi connectivity index (χ2v) is 14.2. The van der Waals surface area contributed by atoms with Gasteiger partial charge in [0.05, 0.1) is 0 Å². The summed E-state index contributed by atoms with van der Waals surface area (Å²) >= 11 is 3.96. The van der Waals surface area contributed by atoms with Crippen LogP contribution in [0.1, 0.15) is 90.2 Å². The zero-order chi connectivity index (χ0) is 27.6. The summed E-state index contributed by atoms with van der Waals surface area (Å²) < 4.78 is 5.74. The van der Waals surface area contributed by atoms with Crippen LogP contribution in [0.3, 0.4) is 0 Å². The predicted octanol–water partition coefficient (Wildman–Crippen LogP) is 13.1. The lowest BCUT2D eigenvalue weighted by molar-refractivity contribution is 0.438. The molecule has 0 amide bonds. The van der Waals surface area contributed by atoms with Gasteiger partial charge < -0.3 is 0 Å². The summed E-state index contributed by atoms with van der Waals surface area (Å²) in [6.07, 6.45) is 12.9. The second-order valence-electron chi connectivity index (χ2n) is 12.1. The van der Waals surface area contributed by atoms with Crippen LogP contribution in [0.2, 0.25) is 0 Å². The van der Waals surface area contributed by atoms with Gasteiger partial charge in [0.25, 0.3) is 0 Å². The molecule has 0 saturated carbocycles. The molecule has 0 fully saturated rings. The fraction of sp³-hybridized carbons (Fsp3) is 0.421. The van der Waals surface area contributed by atoms with E-state index in [2.05, 4.69) is 88.4 Å². The summed E-state index contributed by atoms with van der Waals surface area (Å²) in [6, 6.07) is 24.2. The van der Waals surface area contributed by atoms with Crippen molar-refractivity contribution in [3.05, 3.63) is 71.8 Å². The highest BCUT2D eigenvalue weighted by Crippen LogP contribution is 2.44. The van der Waals surface area contributed by atoms with Crippen LogP contribution in [0.15, 0.2) is 60.7 Å². The molecule has 0 aliphatic rings. The molecule has 2 aromatic heterocycles. The van der Waals surface area contributed by atoms with Gasteiger partial charge in [-0.1, -0.05) is 115 Å². The largest absolute Gasteiger partial charge is 0.135 e. The minimum Gasteiger partial charge on any atom is -0.135 e. The number of hydrogen-bond acceptors (Lipinski definition) is 2. The fourth-order valence-electron chi connectivity index (χ4n) is 7.22. The van der Waals surface area contributed by atoms with E-state index in [9.17, 15) is 0 Å². The lowest BCUT2D eigenvalue weighted by atomic mass is 9.90. The van der Waals surface area contributed by atoms with Crippen LogP contribution in [-0.4, -0.2) is 0 Å². The quantitative estimate of drug-likeness (QED) is 0.139. The number of thiophene rings is 2. The van der Waals surface area contributed by atoms with E-state index in [1.165, 1.54) is 126 Å². The Bertz CT molecular complexity index is 1620. The minimum atomic E-state index is 0.809. The lowest BCUT2D eigenvalue weighted by Crippen LogP contribution is -2.04. The van der Waals surface area contributed by atoms with Crippen molar-refractivity contribution in [3.8, 4) is 0 Å². The summed E-state index contributed by atoms with van der Waals surface area (Å²) in [5.41, 5.74) is 3.02. The van der Waals surface area contributed by atoms with Gasteiger partial charge in [0.1, 0.15) is 0 Å². The van der Waals surface area contributed by atoms with E-state index in [0.717, 1.165) is 11.8 Å². The van der Waals surface area contributed by atoms with Crippen molar-refractivity contribution in [1.82, 2.24) is 0 Å². The Hall–Kier alpha value is -2.42. The normalized spacial score (nSPS) is 12.4. The molecule has 2 heterocycles. The molecule has 0 aliphatic carbocycles. The summed E-state index contributed by atoms with van der Waals surface area (Å²) in [4.78, 5) is 0. The molecule has 0 spiro atoms. The number of fused-ring (bicyclic) bond motifs is 9. The average Bonchev–Trinajstić information content (AvgIpc) is 3.51. The van der Waals surface area contributed by atoms with Crippen molar-refractivity contribution in [2.24, 2.45) is 11.8 Å². The monoisotopic (exact) mass is 564 g/mol. The van der Waals surface area contributed by atoms with Crippen LogP contribution in [0.25, 0.3) is 51.1 Å². The molecule has 0 unspecified atom stereocenters. The van der Waals surface area contributed by atoms with Gasteiger partial charge in [-0.3, -0.25) is 0 Å². The van der Waals surface area contributed by atoms with E-state index in [1.54, 1.807) is 0 Å². The molecular formula is C38H44S2. The Morgan fingerprint density at radius 1 is 0.450 bits per heavy atom. The van der Waals surface area contributed by atoms with Crippen LogP contribution < -0.4 is 0 Å². The smallest absolute Gasteiger partial charge is 0.0434 e. The zero-order valence-corrected chi connectivity index (χ0v) is 26.4. The lowest BCUT2D eigenvalue weighted by Gasteiger charge is -2.15. The van der Waals surface area contributed by atoms with Gasteiger partial charge in [0.15, 0.2) is 0 Å². The maximum atomic E-state index is 2.50. The van der Waals surface area contributed by atoms with Crippen molar-refractivity contribution < 1.29 is 0 Å². The highest BCUT2D eigenvalue weighted by atomic mass is 32.1. The van der Waals surface area contributed by atoms with Gasteiger partial charge in [-0.25, -0.2) is 0 Å². The van der Waals surface area contributed by atoms with Gasteiger partial charge in [-0.15, -0.1) is 22.7 Å². The van der Waals surface area contributed by atoms with Crippen LogP contribution >= 0.6 is 22.7 Å². The first kappa shape index (κ1) is 27.7. The van der Waals surface area contributed by atoms with E-state index in [-0.39, 0.29) is 0 Å². The summed E-state index contributed by atoms with van der Waals surface area (Å²) in [6.45, 7) is 9.30. The zero-order valence-electron chi connectivity index (χ0n) is 24.8. The third kappa shape index (κ3) is 5.30. The Kier molecular flexibility index (Phi) is 8.47. The first-order valence-corrected chi connectivity index (χ1v) is 17.5. The molecule has 0 nitrogen and oxygen atoms in total.